The summed E-state index contributed by atoms with van der Waals surface area (Å²) in [5.41, 5.74) is -1.22. The van der Waals surface area contributed by atoms with Gasteiger partial charge in [-0.2, -0.15) is 13.2 Å². The van der Waals surface area contributed by atoms with Gasteiger partial charge in [0.05, 0.1) is 12.6 Å². The maximum atomic E-state index is 12.6. The summed E-state index contributed by atoms with van der Waals surface area (Å²) in [6.45, 7) is -0.994. The van der Waals surface area contributed by atoms with E-state index in [-0.39, 0.29) is 37.6 Å². The molecule has 2 aromatic heterocycles. The number of likely N-dealkylation sites (tertiary alicyclic amines) is 1. The maximum Gasteiger partial charge on any atom is 0.405 e. The van der Waals surface area contributed by atoms with E-state index in [0.717, 1.165) is 0 Å². The number of carbonyl (C=O) groups is 2. The fourth-order valence-electron chi connectivity index (χ4n) is 3.10. The molecule has 0 spiro atoms. The van der Waals surface area contributed by atoms with E-state index in [1.807, 2.05) is 5.32 Å². The zero-order chi connectivity index (χ0) is 18.8. The first-order valence-electron chi connectivity index (χ1n) is 7.98. The Labute approximate surface area is 146 Å². The summed E-state index contributed by atoms with van der Waals surface area (Å²) in [5, 5.41) is 1.96. The molecular weight excluding hydrogens is 353 g/mol. The predicted octanol–water partition coefficient (Wildman–Crippen LogP) is 1.79. The summed E-state index contributed by atoms with van der Waals surface area (Å²) in [7, 11) is 0. The third kappa shape index (κ3) is 3.58. The van der Waals surface area contributed by atoms with Crippen molar-refractivity contribution in [2.45, 2.75) is 24.6 Å². The molecule has 3 rings (SSSR count). The summed E-state index contributed by atoms with van der Waals surface area (Å²) < 4.78 is 44.0. The fourth-order valence-corrected chi connectivity index (χ4v) is 3.10. The molecule has 3 heterocycles. The van der Waals surface area contributed by atoms with Crippen LogP contribution in [0.5, 0.6) is 0 Å². The number of hydrogen-bond donors (Lipinski definition) is 1. The van der Waals surface area contributed by atoms with E-state index in [9.17, 15) is 22.8 Å². The van der Waals surface area contributed by atoms with Gasteiger partial charge in [-0.15, -0.1) is 0 Å². The Morgan fingerprint density at radius 2 is 2.04 bits per heavy atom. The van der Waals surface area contributed by atoms with Crippen LogP contribution in [0.4, 0.5) is 13.2 Å². The zero-order valence-electron chi connectivity index (χ0n) is 13.7. The van der Waals surface area contributed by atoms with Gasteiger partial charge in [0.15, 0.2) is 5.76 Å². The monoisotopic (exact) mass is 370 g/mol. The average Bonchev–Trinajstić information content (AvgIpc) is 3.31. The normalized spacial score (nSPS) is 17.1. The van der Waals surface area contributed by atoms with Gasteiger partial charge in [-0.05, 0) is 25.0 Å². The molecule has 7 nitrogen and oxygen atoms in total. The average molecular weight is 370 g/mol. The molecule has 0 atom stereocenters. The van der Waals surface area contributed by atoms with Crippen molar-refractivity contribution in [2.75, 3.05) is 19.6 Å². The van der Waals surface area contributed by atoms with Crippen molar-refractivity contribution in [2.24, 2.45) is 0 Å². The minimum absolute atomic E-state index is 0.166. The summed E-state index contributed by atoms with van der Waals surface area (Å²) >= 11 is 0. The quantitative estimate of drug-likeness (QED) is 0.890. The van der Waals surface area contributed by atoms with Crippen molar-refractivity contribution in [3.8, 4) is 0 Å². The smallest absolute Gasteiger partial charge is 0.405 e. The molecule has 26 heavy (non-hydrogen) atoms. The van der Waals surface area contributed by atoms with Crippen LogP contribution in [0, 0.1) is 0 Å². The minimum Gasteiger partial charge on any atom is -0.459 e. The molecule has 0 unspecified atom stereocenters. The predicted molar refractivity (Wildman–Crippen MR) is 83.1 cm³/mol. The molecule has 1 fully saturated rings. The first-order valence-corrected chi connectivity index (χ1v) is 7.98. The number of aromatic nitrogens is 2. The van der Waals surface area contributed by atoms with Gasteiger partial charge in [0.1, 0.15) is 12.1 Å². The van der Waals surface area contributed by atoms with Crippen molar-refractivity contribution in [1.29, 1.82) is 0 Å². The maximum absolute atomic E-state index is 12.6. The van der Waals surface area contributed by atoms with Gasteiger partial charge in [-0.3, -0.25) is 9.59 Å². The van der Waals surface area contributed by atoms with Crippen LogP contribution < -0.4 is 5.32 Å². The first-order chi connectivity index (χ1) is 12.3. The second-order valence-electron chi connectivity index (χ2n) is 6.07. The summed E-state index contributed by atoms with van der Waals surface area (Å²) in [4.78, 5) is 30.4. The number of furan rings is 1. The van der Waals surface area contributed by atoms with E-state index >= 15 is 0 Å². The number of nitrogens with zero attached hydrogens (tertiary/aromatic N) is 3. The SMILES string of the molecule is O=C(c1ccco1)N1CCC(C(=O)NCC(F)(F)F)(n2ccnc2)CC1. The highest BCUT2D eigenvalue weighted by molar-refractivity contribution is 5.92. The van der Waals surface area contributed by atoms with Gasteiger partial charge >= 0.3 is 6.18 Å². The second-order valence-corrected chi connectivity index (χ2v) is 6.07. The van der Waals surface area contributed by atoms with Crippen molar-refractivity contribution in [3.05, 3.63) is 42.9 Å². The van der Waals surface area contributed by atoms with Gasteiger partial charge in [0, 0.05) is 25.5 Å². The molecular formula is C16H17F3N4O3. The van der Waals surface area contributed by atoms with Crippen molar-refractivity contribution >= 4 is 11.8 Å². The zero-order valence-corrected chi connectivity index (χ0v) is 13.7. The van der Waals surface area contributed by atoms with Crippen LogP contribution in [0.3, 0.4) is 0 Å². The lowest BCUT2D eigenvalue weighted by atomic mass is 9.86. The van der Waals surface area contributed by atoms with Gasteiger partial charge in [0.25, 0.3) is 5.91 Å². The van der Waals surface area contributed by atoms with Gasteiger partial charge in [0.2, 0.25) is 5.91 Å². The number of alkyl halides is 3. The Morgan fingerprint density at radius 1 is 1.31 bits per heavy atom. The standard InChI is InChI=1S/C16H17F3N4O3/c17-16(18,19)10-21-14(25)15(23-8-5-20-11-23)3-6-22(7-4-15)13(24)12-2-1-9-26-12/h1-2,5,8-9,11H,3-4,6-7,10H2,(H,21,25). The summed E-state index contributed by atoms with van der Waals surface area (Å²) in [6, 6.07) is 3.13. The van der Waals surface area contributed by atoms with Crippen molar-refractivity contribution in [1.82, 2.24) is 19.8 Å². The van der Waals surface area contributed by atoms with Crippen LogP contribution in [0.1, 0.15) is 23.4 Å². The summed E-state index contributed by atoms with van der Waals surface area (Å²) in [6.07, 6.45) is 1.62. The van der Waals surface area contributed by atoms with Crippen molar-refractivity contribution < 1.29 is 27.2 Å². The van der Waals surface area contributed by atoms with Crippen LogP contribution in [0.2, 0.25) is 0 Å². The molecule has 0 aliphatic carbocycles. The number of carbonyl (C=O) groups excluding carboxylic acids is 2. The number of imidazole rings is 1. The molecule has 1 aliphatic rings. The Morgan fingerprint density at radius 3 is 2.58 bits per heavy atom. The molecule has 10 heteroatoms. The highest BCUT2D eigenvalue weighted by Crippen LogP contribution is 2.31. The highest BCUT2D eigenvalue weighted by atomic mass is 19.4. The fraction of sp³-hybridized carbons (Fsp3) is 0.438. The van der Waals surface area contributed by atoms with E-state index < -0.39 is 24.2 Å². The van der Waals surface area contributed by atoms with Crippen LogP contribution in [-0.4, -0.2) is 52.1 Å². The lowest BCUT2D eigenvalue weighted by Crippen LogP contribution is -2.56. The van der Waals surface area contributed by atoms with E-state index in [2.05, 4.69) is 4.98 Å². The largest absolute Gasteiger partial charge is 0.459 e. The van der Waals surface area contributed by atoms with Crippen LogP contribution in [-0.2, 0) is 10.3 Å². The Bertz CT molecular complexity index is 748. The Kier molecular flexibility index (Phi) is 4.75. The molecule has 0 radical (unpaired) electrons. The number of hydrogen-bond acceptors (Lipinski definition) is 4. The summed E-state index contributed by atoms with van der Waals surface area (Å²) in [5.74, 6) is -0.871. The first kappa shape index (κ1) is 18.0. The molecule has 2 amide bonds. The molecule has 1 aliphatic heterocycles. The van der Waals surface area contributed by atoms with Crippen LogP contribution in [0.25, 0.3) is 0 Å². The van der Waals surface area contributed by atoms with E-state index in [0.29, 0.717) is 0 Å². The lowest BCUT2D eigenvalue weighted by Gasteiger charge is -2.41. The molecule has 0 saturated carbocycles. The third-order valence-electron chi connectivity index (χ3n) is 4.48. The number of rotatable bonds is 4. The minimum atomic E-state index is -4.50. The molecule has 1 N–H and O–H groups in total. The van der Waals surface area contributed by atoms with E-state index in [4.69, 9.17) is 4.42 Å². The van der Waals surface area contributed by atoms with Gasteiger partial charge < -0.3 is 19.2 Å². The van der Waals surface area contributed by atoms with Gasteiger partial charge in [-0.1, -0.05) is 0 Å². The molecule has 0 aromatic carbocycles. The Balaban J connectivity index is 1.75. The molecule has 0 bridgehead atoms. The number of halogens is 3. The van der Waals surface area contributed by atoms with Crippen LogP contribution in [0.15, 0.2) is 41.5 Å². The third-order valence-corrected chi connectivity index (χ3v) is 4.48. The number of amides is 2. The molecule has 2 aromatic rings. The topological polar surface area (TPSA) is 80.4 Å². The lowest BCUT2D eigenvalue weighted by molar-refractivity contribution is -0.145. The van der Waals surface area contributed by atoms with Gasteiger partial charge in [-0.25, -0.2) is 4.98 Å². The number of nitrogens with one attached hydrogen (secondary N) is 1. The second kappa shape index (κ2) is 6.85. The molecule has 1 saturated heterocycles. The number of piperidine rings is 1. The van der Waals surface area contributed by atoms with E-state index in [1.165, 1.54) is 40.5 Å². The van der Waals surface area contributed by atoms with Crippen LogP contribution >= 0.6 is 0 Å². The highest BCUT2D eigenvalue weighted by Gasteiger charge is 2.45. The van der Waals surface area contributed by atoms with E-state index in [1.54, 1.807) is 6.07 Å². The van der Waals surface area contributed by atoms with Crippen molar-refractivity contribution in [3.63, 3.8) is 0 Å². The Hall–Kier alpha value is -2.78. The molecule has 140 valence electrons.